The first kappa shape index (κ1) is 17.1. The molecule has 1 aromatic heterocycles. The number of piperidine rings is 1. The summed E-state index contributed by atoms with van der Waals surface area (Å²) in [5.74, 6) is 1.10. The van der Waals surface area contributed by atoms with Crippen LogP contribution in [0.2, 0.25) is 0 Å². The molecule has 2 N–H and O–H groups in total. The molecule has 138 valence electrons. The SMILES string of the molecule is C=CC(=O)N1CCC[C@H](Oc2cc(-c3n[nH]c(=O)[nH]3)cc3ccccc23)C1. The largest absolute Gasteiger partial charge is 0.488 e. The predicted octanol–water partition coefficient (Wildman–Crippen LogP) is 2.47. The lowest BCUT2D eigenvalue weighted by molar-refractivity contribution is -0.128. The van der Waals surface area contributed by atoms with E-state index in [2.05, 4.69) is 21.8 Å². The minimum atomic E-state index is -0.355. The molecule has 7 heteroatoms. The minimum Gasteiger partial charge on any atom is -0.488 e. The van der Waals surface area contributed by atoms with Gasteiger partial charge < -0.3 is 9.64 Å². The van der Waals surface area contributed by atoms with Gasteiger partial charge in [-0.3, -0.25) is 9.78 Å². The molecule has 0 unspecified atom stereocenters. The lowest BCUT2D eigenvalue weighted by atomic mass is 10.0. The molecule has 1 fully saturated rings. The van der Waals surface area contributed by atoms with Gasteiger partial charge in [-0.2, -0.15) is 5.10 Å². The molecule has 0 saturated carbocycles. The summed E-state index contributed by atoms with van der Waals surface area (Å²) in [4.78, 5) is 27.8. The summed E-state index contributed by atoms with van der Waals surface area (Å²) >= 11 is 0. The van der Waals surface area contributed by atoms with Gasteiger partial charge in [-0.05, 0) is 36.4 Å². The molecule has 7 nitrogen and oxygen atoms in total. The Kier molecular flexibility index (Phi) is 4.50. The molecular weight excluding hydrogens is 344 g/mol. The van der Waals surface area contributed by atoms with Crippen LogP contribution in [0.1, 0.15) is 12.8 Å². The third-order valence-electron chi connectivity index (χ3n) is 4.76. The summed E-state index contributed by atoms with van der Waals surface area (Å²) in [5.41, 5.74) is 0.406. The summed E-state index contributed by atoms with van der Waals surface area (Å²) in [6.45, 7) is 4.81. The van der Waals surface area contributed by atoms with Crippen molar-refractivity contribution in [3.8, 4) is 17.1 Å². The van der Waals surface area contributed by atoms with Crippen molar-refractivity contribution < 1.29 is 9.53 Å². The third-order valence-corrected chi connectivity index (χ3v) is 4.76. The predicted molar refractivity (Wildman–Crippen MR) is 103 cm³/mol. The van der Waals surface area contributed by atoms with Gasteiger partial charge in [-0.15, -0.1) is 0 Å². The van der Waals surface area contributed by atoms with Crippen LogP contribution in [0.25, 0.3) is 22.2 Å². The van der Waals surface area contributed by atoms with E-state index in [4.69, 9.17) is 4.74 Å². The van der Waals surface area contributed by atoms with Crippen molar-refractivity contribution in [2.45, 2.75) is 18.9 Å². The molecule has 3 aromatic rings. The molecule has 1 saturated heterocycles. The van der Waals surface area contributed by atoms with Gasteiger partial charge in [-0.1, -0.05) is 30.8 Å². The highest BCUT2D eigenvalue weighted by atomic mass is 16.5. The number of aromatic amines is 2. The number of benzene rings is 2. The topological polar surface area (TPSA) is 91.1 Å². The van der Waals surface area contributed by atoms with Crippen molar-refractivity contribution >= 4 is 16.7 Å². The molecule has 27 heavy (non-hydrogen) atoms. The monoisotopic (exact) mass is 364 g/mol. The summed E-state index contributed by atoms with van der Waals surface area (Å²) in [7, 11) is 0. The molecule has 0 spiro atoms. The molecule has 1 aliphatic heterocycles. The molecule has 1 aliphatic rings. The van der Waals surface area contributed by atoms with Crippen LogP contribution in [-0.4, -0.2) is 45.2 Å². The van der Waals surface area contributed by atoms with Crippen molar-refractivity contribution in [2.75, 3.05) is 13.1 Å². The van der Waals surface area contributed by atoms with E-state index in [-0.39, 0.29) is 17.7 Å². The van der Waals surface area contributed by atoms with E-state index in [1.807, 2.05) is 36.4 Å². The van der Waals surface area contributed by atoms with Crippen LogP contribution in [0.5, 0.6) is 5.75 Å². The van der Waals surface area contributed by atoms with E-state index in [0.717, 1.165) is 35.7 Å². The number of hydrogen-bond acceptors (Lipinski definition) is 4. The molecule has 2 heterocycles. The third kappa shape index (κ3) is 3.48. The van der Waals surface area contributed by atoms with Gasteiger partial charge in [0.05, 0.1) is 6.54 Å². The number of likely N-dealkylation sites (tertiary alicyclic amines) is 1. The van der Waals surface area contributed by atoms with Crippen molar-refractivity contribution in [1.82, 2.24) is 20.1 Å². The van der Waals surface area contributed by atoms with Crippen LogP contribution in [0, 0.1) is 0 Å². The molecule has 1 amide bonds. The van der Waals surface area contributed by atoms with Gasteiger partial charge in [0.15, 0.2) is 5.82 Å². The fourth-order valence-electron chi connectivity index (χ4n) is 3.46. The van der Waals surface area contributed by atoms with Crippen LogP contribution in [0.15, 0.2) is 53.8 Å². The summed E-state index contributed by atoms with van der Waals surface area (Å²) < 4.78 is 6.30. The average Bonchev–Trinajstić information content (AvgIpc) is 3.14. The lowest BCUT2D eigenvalue weighted by Crippen LogP contribution is -2.43. The van der Waals surface area contributed by atoms with Gasteiger partial charge in [-0.25, -0.2) is 9.89 Å². The molecule has 0 aliphatic carbocycles. The van der Waals surface area contributed by atoms with Gasteiger partial charge >= 0.3 is 5.69 Å². The minimum absolute atomic E-state index is 0.0731. The fraction of sp³-hybridized carbons (Fsp3) is 0.250. The number of amides is 1. The molecular formula is C20H20N4O3. The zero-order valence-electron chi connectivity index (χ0n) is 14.8. The van der Waals surface area contributed by atoms with Crippen LogP contribution >= 0.6 is 0 Å². The van der Waals surface area contributed by atoms with E-state index in [1.54, 1.807) is 4.90 Å². The molecule has 0 radical (unpaired) electrons. The highest BCUT2D eigenvalue weighted by Crippen LogP contribution is 2.32. The van der Waals surface area contributed by atoms with E-state index in [1.165, 1.54) is 6.08 Å². The van der Waals surface area contributed by atoms with Gasteiger partial charge in [0.1, 0.15) is 11.9 Å². The number of aromatic nitrogens is 3. The van der Waals surface area contributed by atoms with Crippen molar-refractivity contribution in [1.29, 1.82) is 0 Å². The smallest absolute Gasteiger partial charge is 0.340 e. The number of carbonyl (C=O) groups excluding carboxylic acids is 1. The number of H-pyrrole nitrogens is 2. The number of hydrogen-bond donors (Lipinski definition) is 2. The van der Waals surface area contributed by atoms with Gasteiger partial charge in [0.2, 0.25) is 5.91 Å². The maximum Gasteiger partial charge on any atom is 0.340 e. The Labute approximate surface area is 155 Å². The van der Waals surface area contributed by atoms with Crippen molar-refractivity contribution in [3.63, 3.8) is 0 Å². The van der Waals surface area contributed by atoms with Crippen LogP contribution < -0.4 is 10.4 Å². The molecule has 1 atom stereocenters. The second kappa shape index (κ2) is 7.11. The van der Waals surface area contributed by atoms with E-state index >= 15 is 0 Å². The Hall–Kier alpha value is -3.35. The van der Waals surface area contributed by atoms with Gasteiger partial charge in [0, 0.05) is 17.5 Å². The quantitative estimate of drug-likeness (QED) is 0.696. The Balaban J connectivity index is 1.69. The summed E-state index contributed by atoms with van der Waals surface area (Å²) in [5, 5.41) is 8.37. The standard InChI is InChI=1S/C20H20N4O3/c1-2-18(25)24-9-5-7-15(12-24)27-17-11-14(19-21-20(26)23-22-19)10-13-6-3-4-8-16(13)17/h2-4,6,8,10-11,15H,1,5,7,9,12H2,(H2,21,22,23,26)/t15-/m0/s1. The number of nitrogens with one attached hydrogen (secondary N) is 2. The Morgan fingerprint density at radius 2 is 2.19 bits per heavy atom. The maximum atomic E-state index is 11.9. The fourth-order valence-corrected chi connectivity index (χ4v) is 3.46. The second-order valence-electron chi connectivity index (χ2n) is 6.59. The van der Waals surface area contributed by atoms with Crippen molar-refractivity contribution in [3.05, 3.63) is 59.5 Å². The van der Waals surface area contributed by atoms with E-state index in [0.29, 0.717) is 18.1 Å². The Morgan fingerprint density at radius 1 is 1.33 bits per heavy atom. The lowest BCUT2D eigenvalue weighted by Gasteiger charge is -2.32. The number of rotatable bonds is 4. The Bertz CT molecular complexity index is 1050. The number of ether oxygens (including phenoxy) is 1. The zero-order valence-corrected chi connectivity index (χ0v) is 14.8. The highest BCUT2D eigenvalue weighted by Gasteiger charge is 2.24. The second-order valence-corrected chi connectivity index (χ2v) is 6.59. The zero-order chi connectivity index (χ0) is 18.8. The summed E-state index contributed by atoms with van der Waals surface area (Å²) in [6, 6.07) is 11.7. The molecule has 4 rings (SSSR count). The average molecular weight is 364 g/mol. The number of carbonyl (C=O) groups is 1. The van der Waals surface area contributed by atoms with E-state index in [9.17, 15) is 9.59 Å². The normalized spacial score (nSPS) is 17.0. The molecule has 0 bridgehead atoms. The van der Waals surface area contributed by atoms with Crippen LogP contribution in [-0.2, 0) is 4.79 Å². The first-order chi connectivity index (χ1) is 13.1. The first-order valence-electron chi connectivity index (χ1n) is 8.90. The van der Waals surface area contributed by atoms with Crippen LogP contribution in [0.4, 0.5) is 0 Å². The number of fused-ring (bicyclic) bond motifs is 1. The Morgan fingerprint density at radius 3 is 2.96 bits per heavy atom. The van der Waals surface area contributed by atoms with E-state index < -0.39 is 0 Å². The first-order valence-corrected chi connectivity index (χ1v) is 8.90. The maximum absolute atomic E-state index is 11.9. The molecule has 2 aromatic carbocycles. The number of nitrogens with zero attached hydrogens (tertiary/aromatic N) is 2. The van der Waals surface area contributed by atoms with Crippen molar-refractivity contribution in [2.24, 2.45) is 0 Å². The van der Waals surface area contributed by atoms with Crippen LogP contribution in [0.3, 0.4) is 0 Å². The summed E-state index contributed by atoms with van der Waals surface area (Å²) in [6.07, 6.45) is 3.00. The highest BCUT2D eigenvalue weighted by molar-refractivity contribution is 5.92. The van der Waals surface area contributed by atoms with Gasteiger partial charge in [0.25, 0.3) is 0 Å².